The fraction of sp³-hybridized carbons (Fsp3) is 0.467. The number of hydrogen-bond donors (Lipinski definition) is 1. The van der Waals surface area contributed by atoms with Crippen molar-refractivity contribution in [3.8, 4) is 5.75 Å². The second-order valence-electron chi connectivity index (χ2n) is 5.32. The van der Waals surface area contributed by atoms with E-state index in [0.29, 0.717) is 6.04 Å². The first-order valence-corrected chi connectivity index (χ1v) is 8.60. The molecule has 1 saturated carbocycles. The molecule has 21 heavy (non-hydrogen) atoms. The summed E-state index contributed by atoms with van der Waals surface area (Å²) in [6.07, 6.45) is 6.25. The zero-order chi connectivity index (χ0) is 14.8. The number of aromatic nitrogens is 2. The van der Waals surface area contributed by atoms with E-state index >= 15 is 0 Å². The molecule has 0 saturated heterocycles. The van der Waals surface area contributed by atoms with Crippen molar-refractivity contribution in [3.05, 3.63) is 21.0 Å². The Hall–Kier alpha value is -0.820. The van der Waals surface area contributed by atoms with E-state index in [9.17, 15) is 0 Å². The van der Waals surface area contributed by atoms with Gasteiger partial charge in [-0.15, -0.1) is 0 Å². The van der Waals surface area contributed by atoms with Gasteiger partial charge in [0, 0.05) is 11.4 Å². The van der Waals surface area contributed by atoms with Crippen LogP contribution >= 0.6 is 34.2 Å². The van der Waals surface area contributed by atoms with Gasteiger partial charge in [0.2, 0.25) is 5.28 Å². The van der Waals surface area contributed by atoms with Crippen molar-refractivity contribution in [2.45, 2.75) is 38.1 Å². The van der Waals surface area contributed by atoms with E-state index in [2.05, 4.69) is 37.9 Å². The van der Waals surface area contributed by atoms with Crippen LogP contribution in [0.15, 0.2) is 12.1 Å². The molecule has 0 radical (unpaired) electrons. The molecular weight excluding hydrogens is 401 g/mol. The molecule has 0 bridgehead atoms. The fourth-order valence-corrected chi connectivity index (χ4v) is 3.66. The predicted molar refractivity (Wildman–Crippen MR) is 94.3 cm³/mol. The minimum atomic E-state index is 0.279. The first-order valence-electron chi connectivity index (χ1n) is 7.14. The maximum Gasteiger partial charge on any atom is 0.224 e. The summed E-state index contributed by atoms with van der Waals surface area (Å²) in [4.78, 5) is 8.71. The van der Waals surface area contributed by atoms with E-state index < -0.39 is 0 Å². The van der Waals surface area contributed by atoms with Gasteiger partial charge in [-0.05, 0) is 59.2 Å². The van der Waals surface area contributed by atoms with Gasteiger partial charge in [-0.1, -0.05) is 19.3 Å². The Morgan fingerprint density at radius 3 is 2.71 bits per heavy atom. The Morgan fingerprint density at radius 2 is 2.00 bits per heavy atom. The first kappa shape index (κ1) is 15.1. The Bertz CT molecular complexity index is 659. The number of hydrogen-bond acceptors (Lipinski definition) is 4. The van der Waals surface area contributed by atoms with Crippen LogP contribution in [0.25, 0.3) is 10.9 Å². The average molecular weight is 418 g/mol. The number of methoxy groups -OCH3 is 1. The van der Waals surface area contributed by atoms with Crippen molar-refractivity contribution in [2.75, 3.05) is 12.4 Å². The lowest BCUT2D eigenvalue weighted by molar-refractivity contribution is 0.412. The Balaban J connectivity index is 2.02. The van der Waals surface area contributed by atoms with Gasteiger partial charge in [0.05, 0.1) is 16.2 Å². The number of rotatable bonds is 3. The molecule has 1 heterocycles. The third kappa shape index (κ3) is 3.34. The molecule has 0 spiro atoms. The van der Waals surface area contributed by atoms with Gasteiger partial charge in [0.25, 0.3) is 0 Å². The summed E-state index contributed by atoms with van der Waals surface area (Å²) in [5, 5.41) is 4.78. The lowest BCUT2D eigenvalue weighted by Crippen LogP contribution is -2.23. The van der Waals surface area contributed by atoms with Crippen LogP contribution in [0.3, 0.4) is 0 Å². The molecule has 4 nitrogen and oxygen atoms in total. The van der Waals surface area contributed by atoms with Crippen LogP contribution in [-0.2, 0) is 0 Å². The molecule has 0 amide bonds. The van der Waals surface area contributed by atoms with Crippen molar-refractivity contribution >= 4 is 50.9 Å². The van der Waals surface area contributed by atoms with Crippen LogP contribution in [0.4, 0.5) is 5.82 Å². The van der Waals surface area contributed by atoms with Gasteiger partial charge < -0.3 is 10.1 Å². The van der Waals surface area contributed by atoms with Crippen LogP contribution in [0, 0.1) is 3.57 Å². The molecule has 1 aromatic heterocycles. The third-order valence-electron chi connectivity index (χ3n) is 3.89. The molecular formula is C15H17ClIN3O. The fourth-order valence-electron chi connectivity index (χ4n) is 2.81. The molecule has 0 aliphatic heterocycles. The van der Waals surface area contributed by atoms with Gasteiger partial charge in [0.15, 0.2) is 0 Å². The maximum atomic E-state index is 6.07. The smallest absolute Gasteiger partial charge is 0.224 e. The quantitative estimate of drug-likeness (QED) is 0.584. The molecule has 112 valence electrons. The van der Waals surface area contributed by atoms with E-state index in [4.69, 9.17) is 16.3 Å². The molecule has 1 fully saturated rings. The summed E-state index contributed by atoms with van der Waals surface area (Å²) in [5.74, 6) is 1.65. The highest BCUT2D eigenvalue weighted by molar-refractivity contribution is 14.1. The average Bonchev–Trinajstić information content (AvgIpc) is 2.47. The number of nitrogens with one attached hydrogen (secondary N) is 1. The summed E-state index contributed by atoms with van der Waals surface area (Å²) in [6.45, 7) is 0. The van der Waals surface area contributed by atoms with Gasteiger partial charge in [-0.3, -0.25) is 0 Å². The molecule has 1 aliphatic rings. The Kier molecular flexibility index (Phi) is 4.69. The van der Waals surface area contributed by atoms with Gasteiger partial charge in [0.1, 0.15) is 11.6 Å². The number of benzene rings is 1. The molecule has 0 unspecified atom stereocenters. The van der Waals surface area contributed by atoms with Crippen molar-refractivity contribution in [1.82, 2.24) is 9.97 Å². The molecule has 2 aromatic rings. The Labute approximate surface area is 142 Å². The van der Waals surface area contributed by atoms with Gasteiger partial charge >= 0.3 is 0 Å². The van der Waals surface area contributed by atoms with Crippen molar-refractivity contribution < 1.29 is 4.74 Å². The summed E-state index contributed by atoms with van der Waals surface area (Å²) in [7, 11) is 1.67. The van der Waals surface area contributed by atoms with E-state index in [1.165, 1.54) is 32.1 Å². The number of ether oxygens (including phenoxy) is 1. The largest absolute Gasteiger partial charge is 0.496 e. The summed E-state index contributed by atoms with van der Waals surface area (Å²) >= 11 is 8.31. The molecule has 1 N–H and O–H groups in total. The minimum Gasteiger partial charge on any atom is -0.496 e. The van der Waals surface area contributed by atoms with Crippen molar-refractivity contribution in [2.24, 2.45) is 0 Å². The van der Waals surface area contributed by atoms with E-state index in [0.717, 1.165) is 26.0 Å². The summed E-state index contributed by atoms with van der Waals surface area (Å²) in [5.41, 5.74) is 0.846. The molecule has 1 aromatic carbocycles. The minimum absolute atomic E-state index is 0.279. The number of halogens is 2. The topological polar surface area (TPSA) is 47.0 Å². The molecule has 6 heteroatoms. The van der Waals surface area contributed by atoms with Crippen molar-refractivity contribution in [3.63, 3.8) is 0 Å². The highest BCUT2D eigenvalue weighted by atomic mass is 127. The SMILES string of the molecule is COc1cc2c(NC3CCCCC3)nc(Cl)nc2cc1I. The molecule has 1 aliphatic carbocycles. The summed E-state index contributed by atoms with van der Waals surface area (Å²) < 4.78 is 6.42. The standard InChI is InChI=1S/C15H17ClIN3O/c1-21-13-7-10-12(8-11(13)17)19-15(16)20-14(10)18-9-5-3-2-4-6-9/h7-9H,2-6H2,1H3,(H,18,19,20). The van der Waals surface area contributed by atoms with E-state index in [1.807, 2.05) is 12.1 Å². The predicted octanol–water partition coefficient (Wildman–Crippen LogP) is 4.64. The zero-order valence-corrected chi connectivity index (χ0v) is 14.7. The van der Waals surface area contributed by atoms with Crippen LogP contribution in [0.2, 0.25) is 5.28 Å². The van der Waals surface area contributed by atoms with E-state index in [-0.39, 0.29) is 5.28 Å². The number of nitrogens with zero attached hydrogens (tertiary/aromatic N) is 2. The monoisotopic (exact) mass is 417 g/mol. The van der Waals surface area contributed by atoms with E-state index in [1.54, 1.807) is 7.11 Å². The highest BCUT2D eigenvalue weighted by Crippen LogP contribution is 2.32. The van der Waals surface area contributed by atoms with Crippen LogP contribution in [-0.4, -0.2) is 23.1 Å². The maximum absolute atomic E-state index is 6.07. The lowest BCUT2D eigenvalue weighted by Gasteiger charge is -2.24. The van der Waals surface area contributed by atoms with Crippen LogP contribution in [0.1, 0.15) is 32.1 Å². The molecule has 3 rings (SSSR count). The highest BCUT2D eigenvalue weighted by Gasteiger charge is 2.17. The van der Waals surface area contributed by atoms with Gasteiger partial charge in [-0.2, -0.15) is 0 Å². The Morgan fingerprint density at radius 1 is 1.24 bits per heavy atom. The lowest BCUT2D eigenvalue weighted by atomic mass is 9.95. The number of anilines is 1. The zero-order valence-electron chi connectivity index (χ0n) is 11.8. The molecule has 0 atom stereocenters. The first-order chi connectivity index (χ1) is 10.2. The second kappa shape index (κ2) is 6.52. The second-order valence-corrected chi connectivity index (χ2v) is 6.82. The van der Waals surface area contributed by atoms with Crippen LogP contribution < -0.4 is 10.1 Å². The normalized spacial score (nSPS) is 16.1. The third-order valence-corrected chi connectivity index (χ3v) is 4.90. The summed E-state index contributed by atoms with van der Waals surface area (Å²) in [6, 6.07) is 4.44. The number of fused-ring (bicyclic) bond motifs is 1. The van der Waals surface area contributed by atoms with Crippen molar-refractivity contribution in [1.29, 1.82) is 0 Å². The van der Waals surface area contributed by atoms with Crippen LogP contribution in [0.5, 0.6) is 5.75 Å². The van der Waals surface area contributed by atoms with Gasteiger partial charge in [-0.25, -0.2) is 9.97 Å².